The minimum absolute atomic E-state index is 0.651. The number of anilines is 1. The van der Waals surface area contributed by atoms with Gasteiger partial charge < -0.3 is 5.32 Å². The Labute approximate surface area is 72.3 Å². The fraction of sp³-hybridized carbons (Fsp3) is 0.300. The molecule has 1 aromatic rings. The van der Waals surface area contributed by atoms with E-state index in [0.29, 0.717) is 6.04 Å². The number of nitrogens with zero attached hydrogens (tertiary/aromatic N) is 1. The van der Waals surface area contributed by atoms with Gasteiger partial charge in [-0.05, 0) is 25.0 Å². The molecule has 1 aliphatic carbocycles. The zero-order valence-corrected chi connectivity index (χ0v) is 6.96. The van der Waals surface area contributed by atoms with E-state index in [1.165, 1.54) is 12.8 Å². The SMILES string of the molecule is C=Cc1cccnc1NC1CC1. The van der Waals surface area contributed by atoms with Crippen LogP contribution in [0.5, 0.6) is 0 Å². The van der Waals surface area contributed by atoms with E-state index < -0.39 is 0 Å². The van der Waals surface area contributed by atoms with Crippen molar-refractivity contribution in [2.24, 2.45) is 0 Å². The minimum atomic E-state index is 0.651. The van der Waals surface area contributed by atoms with Crippen LogP contribution in [0.2, 0.25) is 0 Å². The quantitative estimate of drug-likeness (QED) is 0.733. The first-order valence-electron chi connectivity index (χ1n) is 4.24. The van der Waals surface area contributed by atoms with Gasteiger partial charge in [0.25, 0.3) is 0 Å². The Kier molecular flexibility index (Phi) is 1.82. The normalized spacial score (nSPS) is 15.7. The predicted octanol–water partition coefficient (Wildman–Crippen LogP) is 2.30. The van der Waals surface area contributed by atoms with E-state index in [4.69, 9.17) is 0 Å². The summed E-state index contributed by atoms with van der Waals surface area (Å²) in [5.74, 6) is 0.968. The molecule has 0 unspecified atom stereocenters. The van der Waals surface area contributed by atoms with E-state index in [-0.39, 0.29) is 0 Å². The van der Waals surface area contributed by atoms with Crippen LogP contribution in [0.4, 0.5) is 5.82 Å². The molecule has 0 bridgehead atoms. The first-order chi connectivity index (χ1) is 5.90. The fourth-order valence-electron chi connectivity index (χ4n) is 1.12. The summed E-state index contributed by atoms with van der Waals surface area (Å²) in [5, 5.41) is 3.35. The molecule has 1 heterocycles. The van der Waals surface area contributed by atoms with E-state index >= 15 is 0 Å². The second-order valence-corrected chi connectivity index (χ2v) is 3.06. The summed E-state index contributed by atoms with van der Waals surface area (Å²) in [6, 6.07) is 4.60. The van der Waals surface area contributed by atoms with E-state index in [0.717, 1.165) is 11.4 Å². The molecule has 0 amide bonds. The largest absolute Gasteiger partial charge is 0.367 e. The molecule has 0 spiro atoms. The van der Waals surface area contributed by atoms with Gasteiger partial charge in [0.1, 0.15) is 5.82 Å². The molecule has 0 aromatic carbocycles. The molecule has 12 heavy (non-hydrogen) atoms. The van der Waals surface area contributed by atoms with Crippen molar-refractivity contribution in [2.75, 3.05) is 5.32 Å². The van der Waals surface area contributed by atoms with Gasteiger partial charge >= 0.3 is 0 Å². The van der Waals surface area contributed by atoms with Crippen molar-refractivity contribution < 1.29 is 0 Å². The van der Waals surface area contributed by atoms with Crippen molar-refractivity contribution in [3.8, 4) is 0 Å². The fourth-order valence-corrected chi connectivity index (χ4v) is 1.12. The average Bonchev–Trinajstić information content (AvgIpc) is 2.89. The van der Waals surface area contributed by atoms with Crippen molar-refractivity contribution in [1.82, 2.24) is 4.98 Å². The van der Waals surface area contributed by atoms with Gasteiger partial charge in [-0.3, -0.25) is 0 Å². The molecule has 0 saturated heterocycles. The summed E-state index contributed by atoms with van der Waals surface area (Å²) in [6.07, 6.45) is 6.18. The van der Waals surface area contributed by atoms with Crippen LogP contribution in [0.3, 0.4) is 0 Å². The third kappa shape index (κ3) is 1.47. The maximum atomic E-state index is 4.25. The predicted molar refractivity (Wildman–Crippen MR) is 51.0 cm³/mol. The molecule has 2 heteroatoms. The average molecular weight is 160 g/mol. The topological polar surface area (TPSA) is 24.9 Å². The van der Waals surface area contributed by atoms with E-state index in [2.05, 4.69) is 16.9 Å². The Morgan fingerprint density at radius 3 is 3.08 bits per heavy atom. The summed E-state index contributed by atoms with van der Waals surface area (Å²) >= 11 is 0. The van der Waals surface area contributed by atoms with Crippen LogP contribution in [-0.2, 0) is 0 Å². The number of hydrogen-bond donors (Lipinski definition) is 1. The highest BCUT2D eigenvalue weighted by molar-refractivity contribution is 5.61. The standard InChI is InChI=1S/C10H12N2/c1-2-8-4-3-7-11-10(8)12-9-5-6-9/h2-4,7,9H,1,5-6H2,(H,11,12). The molecular formula is C10H12N2. The van der Waals surface area contributed by atoms with Gasteiger partial charge in [-0.2, -0.15) is 0 Å². The lowest BCUT2D eigenvalue weighted by Gasteiger charge is -2.05. The van der Waals surface area contributed by atoms with Crippen molar-refractivity contribution in [2.45, 2.75) is 18.9 Å². The summed E-state index contributed by atoms with van der Waals surface area (Å²) < 4.78 is 0. The Morgan fingerprint density at radius 2 is 2.42 bits per heavy atom. The van der Waals surface area contributed by atoms with Crippen LogP contribution >= 0.6 is 0 Å². The summed E-state index contributed by atoms with van der Waals surface area (Å²) in [5.41, 5.74) is 1.09. The number of hydrogen-bond acceptors (Lipinski definition) is 2. The molecule has 2 nitrogen and oxygen atoms in total. The highest BCUT2D eigenvalue weighted by atomic mass is 15.0. The van der Waals surface area contributed by atoms with Crippen LogP contribution < -0.4 is 5.32 Å². The van der Waals surface area contributed by atoms with Gasteiger partial charge in [-0.25, -0.2) is 4.98 Å². The van der Waals surface area contributed by atoms with Gasteiger partial charge in [0, 0.05) is 17.8 Å². The molecule has 0 aliphatic heterocycles. The van der Waals surface area contributed by atoms with E-state index in [9.17, 15) is 0 Å². The number of pyridine rings is 1. The van der Waals surface area contributed by atoms with E-state index in [1.54, 1.807) is 6.20 Å². The first-order valence-corrected chi connectivity index (χ1v) is 4.24. The molecule has 62 valence electrons. The monoisotopic (exact) mass is 160 g/mol. The highest BCUT2D eigenvalue weighted by Gasteiger charge is 2.21. The third-order valence-corrected chi connectivity index (χ3v) is 1.98. The first kappa shape index (κ1) is 7.35. The zero-order chi connectivity index (χ0) is 8.39. The minimum Gasteiger partial charge on any atom is -0.367 e. The molecule has 1 saturated carbocycles. The maximum Gasteiger partial charge on any atom is 0.133 e. The Bertz CT molecular complexity index is 290. The second-order valence-electron chi connectivity index (χ2n) is 3.06. The molecule has 1 fully saturated rings. The van der Waals surface area contributed by atoms with Crippen LogP contribution in [0, 0.1) is 0 Å². The Morgan fingerprint density at radius 1 is 1.58 bits per heavy atom. The maximum absolute atomic E-state index is 4.25. The van der Waals surface area contributed by atoms with Gasteiger partial charge in [0.15, 0.2) is 0 Å². The van der Waals surface area contributed by atoms with Gasteiger partial charge in [-0.1, -0.05) is 12.7 Å². The van der Waals surface area contributed by atoms with Crippen molar-refractivity contribution in [3.05, 3.63) is 30.5 Å². The van der Waals surface area contributed by atoms with Gasteiger partial charge in [0.05, 0.1) is 0 Å². The summed E-state index contributed by atoms with van der Waals surface area (Å²) in [7, 11) is 0. The van der Waals surface area contributed by atoms with Crippen molar-refractivity contribution in [1.29, 1.82) is 0 Å². The lowest BCUT2D eigenvalue weighted by molar-refractivity contribution is 1.11. The number of aromatic nitrogens is 1. The molecule has 0 atom stereocenters. The second kappa shape index (κ2) is 2.97. The molecule has 2 rings (SSSR count). The van der Waals surface area contributed by atoms with Crippen LogP contribution in [0.25, 0.3) is 6.08 Å². The highest BCUT2D eigenvalue weighted by Crippen LogP contribution is 2.25. The van der Waals surface area contributed by atoms with Crippen LogP contribution in [0.1, 0.15) is 18.4 Å². The lowest BCUT2D eigenvalue weighted by Crippen LogP contribution is -2.04. The molecule has 1 aromatic heterocycles. The van der Waals surface area contributed by atoms with Crippen LogP contribution in [-0.4, -0.2) is 11.0 Å². The van der Waals surface area contributed by atoms with Crippen LogP contribution in [0.15, 0.2) is 24.9 Å². The van der Waals surface area contributed by atoms with Gasteiger partial charge in [-0.15, -0.1) is 0 Å². The van der Waals surface area contributed by atoms with Gasteiger partial charge in [0.2, 0.25) is 0 Å². The van der Waals surface area contributed by atoms with E-state index in [1.807, 2.05) is 18.2 Å². The lowest BCUT2D eigenvalue weighted by atomic mass is 10.2. The molecule has 1 N–H and O–H groups in total. The molecule has 0 radical (unpaired) electrons. The number of nitrogens with one attached hydrogen (secondary N) is 1. The summed E-state index contributed by atoms with van der Waals surface area (Å²) in [4.78, 5) is 4.25. The Hall–Kier alpha value is -1.31. The van der Waals surface area contributed by atoms with Crippen molar-refractivity contribution >= 4 is 11.9 Å². The smallest absolute Gasteiger partial charge is 0.133 e. The summed E-state index contributed by atoms with van der Waals surface area (Å²) in [6.45, 7) is 3.74. The third-order valence-electron chi connectivity index (χ3n) is 1.98. The van der Waals surface area contributed by atoms with Crippen molar-refractivity contribution in [3.63, 3.8) is 0 Å². The molecular weight excluding hydrogens is 148 g/mol. The number of rotatable bonds is 3. The Balaban J connectivity index is 2.20. The molecule has 1 aliphatic rings. The zero-order valence-electron chi connectivity index (χ0n) is 6.96.